The van der Waals surface area contributed by atoms with E-state index in [4.69, 9.17) is 0 Å². The lowest BCUT2D eigenvalue weighted by molar-refractivity contribution is -0.274. The Balaban J connectivity index is 1.26. The highest BCUT2D eigenvalue weighted by Crippen LogP contribution is 2.37. The van der Waals surface area contributed by atoms with Gasteiger partial charge in [0, 0.05) is 41.9 Å². The number of aromatic amines is 1. The second-order valence-electron chi connectivity index (χ2n) is 9.35. The molecule has 0 spiro atoms. The van der Waals surface area contributed by atoms with Gasteiger partial charge in [-0.05, 0) is 74.4 Å². The molecule has 0 bridgehead atoms. The van der Waals surface area contributed by atoms with Gasteiger partial charge in [-0.2, -0.15) is 4.98 Å². The van der Waals surface area contributed by atoms with Crippen molar-refractivity contribution in [3.8, 4) is 5.75 Å². The molecule has 0 radical (unpaired) electrons. The molecule has 2 aromatic heterocycles. The van der Waals surface area contributed by atoms with Crippen molar-refractivity contribution in [3.63, 3.8) is 0 Å². The topological polar surface area (TPSA) is 86.9 Å². The van der Waals surface area contributed by atoms with Gasteiger partial charge in [0.15, 0.2) is 0 Å². The molecule has 7 nitrogen and oxygen atoms in total. The third-order valence-electron chi connectivity index (χ3n) is 6.04. The summed E-state index contributed by atoms with van der Waals surface area (Å²) in [6.45, 7) is 6.77. The van der Waals surface area contributed by atoms with Crippen molar-refractivity contribution in [1.29, 1.82) is 0 Å². The van der Waals surface area contributed by atoms with Crippen LogP contribution in [0.2, 0.25) is 0 Å². The maximum absolute atomic E-state index is 12.6. The molecule has 0 fully saturated rings. The van der Waals surface area contributed by atoms with E-state index in [1.807, 2.05) is 6.07 Å². The maximum Gasteiger partial charge on any atom is 0.573 e. The van der Waals surface area contributed by atoms with Crippen molar-refractivity contribution < 1.29 is 17.9 Å². The Morgan fingerprint density at radius 2 is 1.97 bits per heavy atom. The highest BCUT2D eigenvalue weighted by molar-refractivity contribution is 5.86. The molecule has 0 aliphatic heterocycles. The SMILES string of the molecule is CC(C)CNc1nccc(NCCCCNC2CCCc3c2[nH]c2ccc(OC(F)(F)F)cc32)n1. The summed E-state index contributed by atoms with van der Waals surface area (Å²) in [6, 6.07) is 6.54. The van der Waals surface area contributed by atoms with Crippen LogP contribution in [0.4, 0.5) is 24.9 Å². The Morgan fingerprint density at radius 1 is 1.14 bits per heavy atom. The number of H-pyrrole nitrogens is 1. The number of aromatic nitrogens is 3. The number of nitrogens with one attached hydrogen (secondary N) is 4. The van der Waals surface area contributed by atoms with Gasteiger partial charge in [0.2, 0.25) is 5.95 Å². The molecule has 0 saturated carbocycles. The van der Waals surface area contributed by atoms with Gasteiger partial charge in [-0.1, -0.05) is 13.8 Å². The van der Waals surface area contributed by atoms with Crippen LogP contribution in [-0.4, -0.2) is 40.9 Å². The quantitative estimate of drug-likeness (QED) is 0.255. The Bertz CT molecular complexity index is 1110. The fourth-order valence-corrected chi connectivity index (χ4v) is 4.42. The fourth-order valence-electron chi connectivity index (χ4n) is 4.42. The van der Waals surface area contributed by atoms with E-state index in [0.717, 1.165) is 79.7 Å². The summed E-state index contributed by atoms with van der Waals surface area (Å²) in [5.41, 5.74) is 3.01. The number of rotatable bonds is 11. The summed E-state index contributed by atoms with van der Waals surface area (Å²) in [6.07, 6.45) is 1.87. The number of hydrogen-bond donors (Lipinski definition) is 4. The highest BCUT2D eigenvalue weighted by Gasteiger charge is 2.31. The van der Waals surface area contributed by atoms with E-state index in [2.05, 4.69) is 49.5 Å². The summed E-state index contributed by atoms with van der Waals surface area (Å²) in [5, 5.41) is 11.0. The average Bonchev–Trinajstić information content (AvgIpc) is 3.18. The smallest absolute Gasteiger partial charge is 0.406 e. The lowest BCUT2D eigenvalue weighted by Gasteiger charge is -2.24. The van der Waals surface area contributed by atoms with Crippen molar-refractivity contribution in [2.45, 2.75) is 58.4 Å². The van der Waals surface area contributed by atoms with Gasteiger partial charge in [-0.25, -0.2) is 4.98 Å². The predicted octanol–water partition coefficient (Wildman–Crippen LogP) is 5.78. The van der Waals surface area contributed by atoms with Crippen LogP contribution in [0.3, 0.4) is 0 Å². The van der Waals surface area contributed by atoms with E-state index in [1.54, 1.807) is 12.3 Å². The highest BCUT2D eigenvalue weighted by atomic mass is 19.4. The molecule has 3 aromatic rings. The van der Waals surface area contributed by atoms with E-state index >= 15 is 0 Å². The molecule has 190 valence electrons. The number of aryl methyl sites for hydroxylation is 1. The minimum Gasteiger partial charge on any atom is -0.406 e. The summed E-state index contributed by atoms with van der Waals surface area (Å²) in [7, 11) is 0. The van der Waals surface area contributed by atoms with Crippen molar-refractivity contribution in [1.82, 2.24) is 20.3 Å². The number of nitrogens with zero attached hydrogens (tertiary/aromatic N) is 2. The number of anilines is 2. The predicted molar refractivity (Wildman–Crippen MR) is 132 cm³/mol. The summed E-state index contributed by atoms with van der Waals surface area (Å²) in [4.78, 5) is 12.1. The second-order valence-corrected chi connectivity index (χ2v) is 9.35. The minimum atomic E-state index is -4.69. The van der Waals surface area contributed by atoms with Crippen LogP contribution in [0.1, 0.15) is 56.8 Å². The largest absolute Gasteiger partial charge is 0.573 e. The van der Waals surface area contributed by atoms with Crippen LogP contribution < -0.4 is 20.7 Å². The van der Waals surface area contributed by atoms with Gasteiger partial charge < -0.3 is 25.7 Å². The zero-order valence-electron chi connectivity index (χ0n) is 20.1. The standard InChI is InChI=1S/C25H33F3N6O/c1-16(2)15-32-24-31-13-10-22(34-24)30-12-4-3-11-29-21-7-5-6-18-19-14-17(35-25(26,27)28)8-9-20(19)33-23(18)21/h8-10,13-14,16,21,29,33H,3-7,11-12,15H2,1-2H3,(H2,30,31,32,34). The number of halogens is 3. The van der Waals surface area contributed by atoms with Crippen molar-refractivity contribution in [2.75, 3.05) is 30.3 Å². The first-order valence-electron chi connectivity index (χ1n) is 12.2. The van der Waals surface area contributed by atoms with Crippen LogP contribution >= 0.6 is 0 Å². The Labute approximate surface area is 203 Å². The van der Waals surface area contributed by atoms with Gasteiger partial charge >= 0.3 is 6.36 Å². The number of alkyl halides is 3. The first-order valence-corrected chi connectivity index (χ1v) is 12.2. The van der Waals surface area contributed by atoms with Gasteiger partial charge in [-0.15, -0.1) is 13.2 Å². The second kappa shape index (κ2) is 11.2. The summed E-state index contributed by atoms with van der Waals surface area (Å²) in [5.74, 6) is 1.78. The molecule has 35 heavy (non-hydrogen) atoms. The summed E-state index contributed by atoms with van der Waals surface area (Å²) >= 11 is 0. The Hall–Kier alpha value is -3.01. The molecule has 1 aliphatic rings. The maximum atomic E-state index is 12.6. The molecule has 10 heteroatoms. The Morgan fingerprint density at radius 3 is 2.77 bits per heavy atom. The molecule has 1 atom stereocenters. The van der Waals surface area contributed by atoms with E-state index in [9.17, 15) is 13.2 Å². The average molecular weight is 491 g/mol. The first kappa shape index (κ1) is 25.1. The van der Waals surface area contributed by atoms with Gasteiger partial charge in [0.05, 0.1) is 0 Å². The molecule has 0 saturated heterocycles. The fraction of sp³-hybridized carbons (Fsp3) is 0.520. The number of benzene rings is 1. The van der Waals surface area contributed by atoms with Crippen molar-refractivity contribution in [3.05, 3.63) is 41.7 Å². The molecule has 1 aliphatic carbocycles. The molecule has 4 N–H and O–H groups in total. The Kier molecular flexibility index (Phi) is 8.00. The zero-order valence-corrected chi connectivity index (χ0v) is 20.1. The number of hydrogen-bond acceptors (Lipinski definition) is 6. The van der Waals surface area contributed by atoms with E-state index in [1.165, 1.54) is 12.1 Å². The lowest BCUT2D eigenvalue weighted by Crippen LogP contribution is -2.26. The molecular formula is C25H33F3N6O. The molecule has 2 heterocycles. The molecule has 1 unspecified atom stereocenters. The third-order valence-corrected chi connectivity index (χ3v) is 6.04. The molecule has 1 aromatic carbocycles. The van der Waals surface area contributed by atoms with Crippen LogP contribution in [0, 0.1) is 5.92 Å². The lowest BCUT2D eigenvalue weighted by atomic mass is 9.91. The molecular weight excluding hydrogens is 457 g/mol. The van der Waals surface area contributed by atoms with Gasteiger partial charge in [0.1, 0.15) is 11.6 Å². The van der Waals surface area contributed by atoms with Crippen LogP contribution in [0.15, 0.2) is 30.5 Å². The number of unbranched alkanes of at least 4 members (excludes halogenated alkanes) is 1. The van der Waals surface area contributed by atoms with Crippen LogP contribution in [0.5, 0.6) is 5.75 Å². The normalized spacial score (nSPS) is 15.9. The first-order chi connectivity index (χ1) is 16.8. The van der Waals surface area contributed by atoms with E-state index in [0.29, 0.717) is 11.9 Å². The summed E-state index contributed by atoms with van der Waals surface area (Å²) < 4.78 is 42.0. The van der Waals surface area contributed by atoms with Gasteiger partial charge in [-0.3, -0.25) is 0 Å². The number of ether oxygens (including phenoxy) is 1. The van der Waals surface area contributed by atoms with Crippen molar-refractivity contribution in [2.24, 2.45) is 5.92 Å². The zero-order chi connectivity index (χ0) is 24.8. The van der Waals surface area contributed by atoms with Crippen molar-refractivity contribution >= 4 is 22.7 Å². The van der Waals surface area contributed by atoms with E-state index < -0.39 is 6.36 Å². The minimum absolute atomic E-state index is 0.169. The molecule has 0 amide bonds. The van der Waals surface area contributed by atoms with Crippen LogP contribution in [-0.2, 0) is 6.42 Å². The van der Waals surface area contributed by atoms with Crippen LogP contribution in [0.25, 0.3) is 10.9 Å². The number of fused-ring (bicyclic) bond motifs is 3. The monoisotopic (exact) mass is 490 g/mol. The third kappa shape index (κ3) is 7.00. The van der Waals surface area contributed by atoms with Gasteiger partial charge in [0.25, 0.3) is 0 Å². The molecule has 4 rings (SSSR count). The van der Waals surface area contributed by atoms with E-state index in [-0.39, 0.29) is 11.8 Å².